The van der Waals surface area contributed by atoms with Crippen molar-refractivity contribution in [2.75, 3.05) is 0 Å². The lowest BCUT2D eigenvalue weighted by Crippen LogP contribution is -2.38. The highest BCUT2D eigenvalue weighted by molar-refractivity contribution is 5.50. The quantitative estimate of drug-likeness (QED) is 0.240. The van der Waals surface area contributed by atoms with E-state index in [-0.39, 0.29) is 11.5 Å². The van der Waals surface area contributed by atoms with Gasteiger partial charge in [0.25, 0.3) is 0 Å². The van der Waals surface area contributed by atoms with Crippen molar-refractivity contribution in [3.63, 3.8) is 0 Å². The molecular weight excluding hydrogens is 444 g/mol. The lowest BCUT2D eigenvalue weighted by Gasteiger charge is -2.36. The monoisotopic (exact) mass is 476 g/mol. The zero-order valence-corrected chi connectivity index (χ0v) is 21.1. The summed E-state index contributed by atoms with van der Waals surface area (Å²) >= 11 is 0. The topological polar surface area (TPSA) is 61.4 Å². The Hall–Kier alpha value is -4.06. The minimum absolute atomic E-state index is 0.0885. The first-order valence-electron chi connectivity index (χ1n) is 12.6. The third-order valence-electron chi connectivity index (χ3n) is 7.65. The number of benzene rings is 3. The van der Waals surface area contributed by atoms with Gasteiger partial charge in [-0.1, -0.05) is 112 Å². The molecule has 5 rings (SSSR count). The molecule has 2 aromatic heterocycles. The molecule has 6 heteroatoms. The SMILES string of the molecule is CCC(C)(CC)C(c1ncn(C(c2ccccc2)(c2ccccc2)c2ccccc2)n1)n1cncn1. The Balaban J connectivity index is 1.78. The smallest absolute Gasteiger partial charge is 0.175 e. The molecule has 1 atom stereocenters. The second-order valence-electron chi connectivity index (χ2n) is 9.49. The van der Waals surface area contributed by atoms with Crippen LogP contribution in [0.5, 0.6) is 0 Å². The van der Waals surface area contributed by atoms with Crippen molar-refractivity contribution in [2.24, 2.45) is 5.41 Å². The summed E-state index contributed by atoms with van der Waals surface area (Å²) in [7, 11) is 0. The van der Waals surface area contributed by atoms with Crippen LogP contribution in [0.1, 0.15) is 62.2 Å². The van der Waals surface area contributed by atoms with E-state index in [1.54, 1.807) is 12.7 Å². The molecule has 0 aliphatic heterocycles. The summed E-state index contributed by atoms with van der Waals surface area (Å²) in [6.45, 7) is 6.71. The van der Waals surface area contributed by atoms with Crippen molar-refractivity contribution < 1.29 is 0 Å². The van der Waals surface area contributed by atoms with Crippen molar-refractivity contribution in [3.8, 4) is 0 Å². The predicted octanol–water partition coefficient (Wildman–Crippen LogP) is 6.13. The van der Waals surface area contributed by atoms with Gasteiger partial charge in [-0.15, -0.1) is 0 Å². The lowest BCUT2D eigenvalue weighted by atomic mass is 9.77. The van der Waals surface area contributed by atoms with Crippen LogP contribution in [0.25, 0.3) is 0 Å². The maximum Gasteiger partial charge on any atom is 0.175 e. The zero-order chi connectivity index (χ0) is 25.0. The Bertz CT molecular complexity index is 1260. The Morgan fingerprint density at radius 1 is 0.722 bits per heavy atom. The van der Waals surface area contributed by atoms with Gasteiger partial charge in [-0.3, -0.25) is 0 Å². The van der Waals surface area contributed by atoms with Crippen molar-refractivity contribution in [3.05, 3.63) is 132 Å². The summed E-state index contributed by atoms with van der Waals surface area (Å²) in [5.41, 5.74) is 2.56. The van der Waals surface area contributed by atoms with Crippen LogP contribution in [0.3, 0.4) is 0 Å². The highest BCUT2D eigenvalue weighted by Crippen LogP contribution is 2.43. The summed E-state index contributed by atoms with van der Waals surface area (Å²) in [5, 5.41) is 9.76. The highest BCUT2D eigenvalue weighted by atomic mass is 15.4. The van der Waals surface area contributed by atoms with E-state index >= 15 is 0 Å². The van der Waals surface area contributed by atoms with E-state index in [4.69, 9.17) is 10.1 Å². The van der Waals surface area contributed by atoms with Crippen LogP contribution in [0.15, 0.2) is 110 Å². The van der Waals surface area contributed by atoms with Gasteiger partial charge in [0.1, 0.15) is 30.6 Å². The molecule has 0 N–H and O–H groups in total. The number of rotatable bonds is 9. The molecule has 2 heterocycles. The largest absolute Gasteiger partial charge is 0.242 e. The van der Waals surface area contributed by atoms with Crippen molar-refractivity contribution >= 4 is 0 Å². The first kappa shape index (κ1) is 23.7. The van der Waals surface area contributed by atoms with Crippen LogP contribution in [0.2, 0.25) is 0 Å². The van der Waals surface area contributed by atoms with Gasteiger partial charge in [0.15, 0.2) is 5.82 Å². The summed E-state index contributed by atoms with van der Waals surface area (Å²) in [6, 6.07) is 31.5. The normalized spacial score (nSPS) is 13.0. The van der Waals surface area contributed by atoms with Gasteiger partial charge in [-0.25, -0.2) is 19.3 Å². The van der Waals surface area contributed by atoms with Crippen LogP contribution in [0, 0.1) is 5.41 Å². The molecule has 0 saturated carbocycles. The van der Waals surface area contributed by atoms with Crippen LogP contribution in [0.4, 0.5) is 0 Å². The van der Waals surface area contributed by atoms with E-state index in [1.165, 1.54) is 0 Å². The maximum absolute atomic E-state index is 5.25. The molecule has 0 fully saturated rings. The summed E-state index contributed by atoms with van der Waals surface area (Å²) in [4.78, 5) is 9.18. The van der Waals surface area contributed by atoms with E-state index in [2.05, 4.69) is 104 Å². The summed E-state index contributed by atoms with van der Waals surface area (Å²) in [6.07, 6.45) is 7.15. The van der Waals surface area contributed by atoms with Crippen LogP contribution < -0.4 is 0 Å². The predicted molar refractivity (Wildman–Crippen MR) is 141 cm³/mol. The molecule has 0 bridgehead atoms. The van der Waals surface area contributed by atoms with Gasteiger partial charge >= 0.3 is 0 Å². The number of nitrogens with zero attached hydrogens (tertiary/aromatic N) is 6. The van der Waals surface area contributed by atoms with Crippen LogP contribution >= 0.6 is 0 Å². The van der Waals surface area contributed by atoms with Crippen molar-refractivity contribution in [1.29, 1.82) is 0 Å². The molecule has 0 amide bonds. The van der Waals surface area contributed by atoms with E-state index in [9.17, 15) is 0 Å². The van der Waals surface area contributed by atoms with E-state index in [1.807, 2.05) is 33.9 Å². The minimum Gasteiger partial charge on any atom is -0.242 e. The molecule has 0 spiro atoms. The average molecular weight is 477 g/mol. The molecule has 36 heavy (non-hydrogen) atoms. The van der Waals surface area contributed by atoms with E-state index < -0.39 is 5.54 Å². The summed E-state index contributed by atoms with van der Waals surface area (Å²) in [5.74, 6) is 0.735. The molecule has 182 valence electrons. The minimum atomic E-state index is -0.698. The molecule has 3 aromatic carbocycles. The lowest BCUT2D eigenvalue weighted by molar-refractivity contribution is 0.183. The van der Waals surface area contributed by atoms with Gasteiger partial charge in [0, 0.05) is 0 Å². The summed E-state index contributed by atoms with van der Waals surface area (Å²) < 4.78 is 3.93. The van der Waals surface area contributed by atoms with Crippen LogP contribution in [-0.4, -0.2) is 29.5 Å². The molecule has 6 nitrogen and oxygen atoms in total. The van der Waals surface area contributed by atoms with Gasteiger partial charge < -0.3 is 0 Å². The van der Waals surface area contributed by atoms with Crippen LogP contribution in [-0.2, 0) is 5.54 Å². The Kier molecular flexibility index (Phi) is 6.51. The molecule has 0 saturated heterocycles. The number of hydrogen-bond donors (Lipinski definition) is 0. The first-order chi connectivity index (χ1) is 17.6. The number of aromatic nitrogens is 6. The second-order valence-corrected chi connectivity index (χ2v) is 9.49. The third-order valence-corrected chi connectivity index (χ3v) is 7.65. The number of hydrogen-bond acceptors (Lipinski definition) is 4. The van der Waals surface area contributed by atoms with Gasteiger partial charge in [0.05, 0.1) is 0 Å². The zero-order valence-electron chi connectivity index (χ0n) is 21.1. The Morgan fingerprint density at radius 3 is 1.64 bits per heavy atom. The molecule has 5 aromatic rings. The first-order valence-corrected chi connectivity index (χ1v) is 12.6. The Labute approximate surface area is 212 Å². The second kappa shape index (κ2) is 9.90. The molecule has 1 unspecified atom stereocenters. The average Bonchev–Trinajstić information content (AvgIpc) is 3.65. The molecule has 0 radical (unpaired) electrons. The standard InChI is InChI=1S/C30H32N6/c1-4-29(3,5-2)27(35-22-31-21-33-35)28-32-23-36(34-28)30(24-15-9-6-10-16-24,25-17-11-7-12-18-25)26-19-13-8-14-20-26/h6-23,27H,4-5H2,1-3H3. The fraction of sp³-hybridized carbons (Fsp3) is 0.267. The van der Waals surface area contributed by atoms with Crippen molar-refractivity contribution in [2.45, 2.75) is 45.2 Å². The fourth-order valence-electron chi connectivity index (χ4n) is 5.23. The fourth-order valence-corrected chi connectivity index (χ4v) is 5.23. The molecule has 0 aliphatic rings. The molecular formula is C30H32N6. The Morgan fingerprint density at radius 2 is 1.22 bits per heavy atom. The van der Waals surface area contributed by atoms with E-state index in [0.29, 0.717) is 0 Å². The highest BCUT2D eigenvalue weighted by Gasteiger charge is 2.42. The van der Waals surface area contributed by atoms with Gasteiger partial charge in [-0.2, -0.15) is 10.2 Å². The van der Waals surface area contributed by atoms with E-state index in [0.717, 1.165) is 35.4 Å². The third kappa shape index (κ3) is 3.92. The van der Waals surface area contributed by atoms with Gasteiger partial charge in [0.2, 0.25) is 0 Å². The van der Waals surface area contributed by atoms with Gasteiger partial charge in [-0.05, 0) is 34.9 Å². The molecule has 0 aliphatic carbocycles. The maximum atomic E-state index is 5.25. The van der Waals surface area contributed by atoms with Crippen molar-refractivity contribution in [1.82, 2.24) is 29.5 Å².